The Balaban J connectivity index is -0.0000000800. The van der Waals surface area contributed by atoms with Gasteiger partial charge in [-0.25, -0.2) is 0 Å². The molecule has 0 radical (unpaired) electrons. The van der Waals surface area contributed by atoms with Crippen LogP contribution in [0.15, 0.2) is 0 Å². The van der Waals surface area contributed by atoms with Crippen molar-refractivity contribution in [2.24, 2.45) is 0 Å². The fourth-order valence-electron chi connectivity index (χ4n) is 0. The molecule has 0 aromatic rings. The van der Waals surface area contributed by atoms with Crippen LogP contribution in [-0.2, 0) is 0 Å². The molecule has 0 aliphatic heterocycles. The summed E-state index contributed by atoms with van der Waals surface area (Å²) in [6, 6.07) is 0. The van der Waals surface area contributed by atoms with E-state index in [4.69, 9.17) is 9.90 Å². The Morgan fingerprint density at radius 1 is 1.71 bits per heavy atom. The summed E-state index contributed by atoms with van der Waals surface area (Å²) >= 11 is 0. The van der Waals surface area contributed by atoms with Crippen molar-refractivity contribution in [3.05, 3.63) is 7.43 Å². The zero-order chi connectivity index (χ0) is 4.28. The van der Waals surface area contributed by atoms with Crippen LogP contribution < -0.4 is 61.8 Å². The second-order valence-electron chi connectivity index (χ2n) is 0.537. The Kier molecular flexibility index (Phi) is 22.4. The molecule has 0 aromatic heterocycles. The smallest absolute Gasteiger partial charge is 0.530 e. The first kappa shape index (κ1) is 15.7. The SMILES string of the molecule is CNC(=O)[O-].[CH3-].[K+]. The van der Waals surface area contributed by atoms with Crippen molar-refractivity contribution in [3.8, 4) is 0 Å². The van der Waals surface area contributed by atoms with Crippen molar-refractivity contribution in [2.45, 2.75) is 0 Å². The Bertz CT molecular complexity index is 48.2. The molecule has 0 saturated carbocycles. The van der Waals surface area contributed by atoms with Crippen LogP contribution in [0.2, 0.25) is 0 Å². The summed E-state index contributed by atoms with van der Waals surface area (Å²) in [5.74, 6) is 0. The van der Waals surface area contributed by atoms with E-state index in [9.17, 15) is 0 Å². The van der Waals surface area contributed by atoms with Gasteiger partial charge in [-0.15, -0.1) is 0 Å². The van der Waals surface area contributed by atoms with Crippen molar-refractivity contribution in [1.82, 2.24) is 5.32 Å². The quantitative estimate of drug-likeness (QED) is 0.267. The minimum atomic E-state index is -1.25. The third kappa shape index (κ3) is 19.7. The summed E-state index contributed by atoms with van der Waals surface area (Å²) in [6.07, 6.45) is -1.25. The monoisotopic (exact) mass is 128 g/mol. The van der Waals surface area contributed by atoms with Crippen molar-refractivity contribution in [1.29, 1.82) is 0 Å². The molecule has 0 aromatic carbocycles. The number of hydrogen-bond acceptors (Lipinski definition) is 2. The molecule has 0 spiro atoms. The maximum atomic E-state index is 9.15. The average Bonchev–Trinajstić information content (AvgIpc) is 1.38. The van der Waals surface area contributed by atoms with E-state index in [1.54, 1.807) is 0 Å². The van der Waals surface area contributed by atoms with Gasteiger partial charge in [0, 0.05) is 7.05 Å². The first-order valence-electron chi connectivity index (χ1n) is 1.16. The number of carboxylic acid groups (broad SMARTS) is 1. The third-order valence-corrected chi connectivity index (χ3v) is 0.204. The zero-order valence-corrected chi connectivity index (χ0v) is 7.94. The summed E-state index contributed by atoms with van der Waals surface area (Å²) < 4.78 is 0. The fourth-order valence-corrected chi connectivity index (χ4v) is 0. The molecule has 0 rings (SSSR count). The molecule has 0 heterocycles. The minimum absolute atomic E-state index is 0. The molecule has 38 valence electrons. The molecule has 0 bridgehead atoms. The Labute approximate surface area is 85.9 Å². The summed E-state index contributed by atoms with van der Waals surface area (Å²) in [4.78, 5) is 9.15. The number of carbonyl (C=O) groups is 1. The van der Waals surface area contributed by atoms with Gasteiger partial charge in [0.25, 0.3) is 0 Å². The van der Waals surface area contributed by atoms with Crippen LogP contribution in [0.5, 0.6) is 0 Å². The van der Waals surface area contributed by atoms with Crippen LogP contribution in [0.25, 0.3) is 0 Å². The summed E-state index contributed by atoms with van der Waals surface area (Å²) in [5, 5.41) is 11.0. The number of nitrogens with one attached hydrogen (secondary N) is 1. The molecule has 4 heteroatoms. The van der Waals surface area contributed by atoms with Gasteiger partial charge in [0.1, 0.15) is 6.09 Å². The zero-order valence-electron chi connectivity index (χ0n) is 4.82. The van der Waals surface area contributed by atoms with E-state index in [2.05, 4.69) is 0 Å². The van der Waals surface area contributed by atoms with E-state index in [1.807, 2.05) is 5.32 Å². The first-order chi connectivity index (χ1) is 2.27. The molecule has 7 heavy (non-hydrogen) atoms. The van der Waals surface area contributed by atoms with Gasteiger partial charge in [-0.1, -0.05) is 0 Å². The first-order valence-corrected chi connectivity index (χ1v) is 1.16. The Hall–Kier alpha value is 0.906. The summed E-state index contributed by atoms with van der Waals surface area (Å²) in [7, 11) is 1.29. The van der Waals surface area contributed by atoms with Crippen LogP contribution in [-0.4, -0.2) is 13.1 Å². The van der Waals surface area contributed by atoms with E-state index in [1.165, 1.54) is 7.05 Å². The second kappa shape index (κ2) is 10.0. The van der Waals surface area contributed by atoms with Gasteiger partial charge in [-0.3, -0.25) is 0 Å². The third-order valence-electron chi connectivity index (χ3n) is 0.204. The van der Waals surface area contributed by atoms with Crippen molar-refractivity contribution in [2.75, 3.05) is 7.05 Å². The van der Waals surface area contributed by atoms with Crippen LogP contribution in [0.3, 0.4) is 0 Å². The molecule has 0 unspecified atom stereocenters. The standard InChI is InChI=1S/C2H5NO2.CH3.K/c1-3-2(4)5;;/h3H,1H3,(H,4,5);1H3;/q;-1;+1/p-1. The summed E-state index contributed by atoms with van der Waals surface area (Å²) in [6.45, 7) is 0. The predicted octanol–water partition coefficient (Wildman–Crippen LogP) is -4.00. The number of hydrogen-bond donors (Lipinski definition) is 1. The number of amides is 1. The van der Waals surface area contributed by atoms with E-state index in [0.717, 1.165) is 0 Å². The van der Waals surface area contributed by atoms with Gasteiger partial charge in [0.15, 0.2) is 0 Å². The normalized spacial score (nSPS) is 4.71. The molecule has 0 aliphatic carbocycles. The second-order valence-corrected chi connectivity index (χ2v) is 0.537. The van der Waals surface area contributed by atoms with E-state index >= 15 is 0 Å². The van der Waals surface area contributed by atoms with E-state index in [-0.39, 0.29) is 58.8 Å². The number of rotatable bonds is 0. The van der Waals surface area contributed by atoms with Crippen molar-refractivity contribution < 1.29 is 61.3 Å². The number of carbonyl (C=O) groups excluding carboxylic acids is 1. The average molecular weight is 128 g/mol. The molecule has 1 N–H and O–H groups in total. The molecule has 0 fully saturated rings. The molecule has 0 saturated heterocycles. The molecule has 0 aliphatic rings. The van der Waals surface area contributed by atoms with Gasteiger partial charge in [-0.05, 0) is 0 Å². The van der Waals surface area contributed by atoms with Gasteiger partial charge < -0.3 is 22.6 Å². The van der Waals surface area contributed by atoms with Gasteiger partial charge >= 0.3 is 51.4 Å². The minimum Gasteiger partial charge on any atom is -0.530 e. The molecular weight excluding hydrogens is 121 g/mol. The maximum Gasteiger partial charge on any atom is 1.00 e. The molecule has 3 nitrogen and oxygen atoms in total. The molecule has 0 atom stereocenters. The predicted molar refractivity (Wildman–Crippen MR) is 20.9 cm³/mol. The van der Waals surface area contributed by atoms with E-state index in [0.29, 0.717) is 0 Å². The van der Waals surface area contributed by atoms with Gasteiger partial charge in [0.2, 0.25) is 0 Å². The van der Waals surface area contributed by atoms with Crippen LogP contribution in [0.1, 0.15) is 0 Å². The largest absolute Gasteiger partial charge is 1.00 e. The molecular formula is C3H7KNO2-. The van der Waals surface area contributed by atoms with Crippen LogP contribution in [0, 0.1) is 7.43 Å². The van der Waals surface area contributed by atoms with Crippen molar-refractivity contribution >= 4 is 6.09 Å². The van der Waals surface area contributed by atoms with Crippen molar-refractivity contribution in [3.63, 3.8) is 0 Å². The maximum absolute atomic E-state index is 9.15. The topological polar surface area (TPSA) is 52.2 Å². The summed E-state index contributed by atoms with van der Waals surface area (Å²) in [5.41, 5.74) is 0. The van der Waals surface area contributed by atoms with Gasteiger partial charge in [-0.2, -0.15) is 0 Å². The van der Waals surface area contributed by atoms with Gasteiger partial charge in [0.05, 0.1) is 0 Å². The van der Waals surface area contributed by atoms with E-state index < -0.39 is 6.09 Å². The Morgan fingerprint density at radius 2 is 1.86 bits per heavy atom. The van der Waals surface area contributed by atoms with Crippen LogP contribution >= 0.6 is 0 Å². The fraction of sp³-hybridized carbons (Fsp3) is 0.333. The van der Waals surface area contributed by atoms with Crippen LogP contribution in [0.4, 0.5) is 4.79 Å². The molecule has 1 amide bonds. The Morgan fingerprint density at radius 3 is 1.86 bits per heavy atom.